The Morgan fingerprint density at radius 1 is 1.07 bits per heavy atom. The van der Waals surface area contributed by atoms with Gasteiger partial charge in [0.15, 0.2) is 0 Å². The van der Waals surface area contributed by atoms with E-state index in [2.05, 4.69) is 0 Å². The van der Waals surface area contributed by atoms with E-state index in [1.165, 1.54) is 11.8 Å². The van der Waals surface area contributed by atoms with Gasteiger partial charge in [-0.05, 0) is 31.2 Å². The molecule has 3 atom stereocenters. The number of rotatable bonds is 3. The first-order valence-corrected chi connectivity index (χ1v) is 10.7. The van der Waals surface area contributed by atoms with Crippen LogP contribution in [0.3, 0.4) is 0 Å². The molecule has 2 aliphatic heterocycles. The summed E-state index contributed by atoms with van der Waals surface area (Å²) in [5.41, 5.74) is 1.58. The third-order valence-electron chi connectivity index (χ3n) is 5.26. The lowest BCUT2D eigenvalue weighted by molar-refractivity contribution is -0.136. The molecule has 146 valence electrons. The Morgan fingerprint density at radius 3 is 2.46 bits per heavy atom. The number of thioether (sulfide) groups is 1. The predicted octanol–water partition coefficient (Wildman–Crippen LogP) is 4.22. The van der Waals surface area contributed by atoms with E-state index in [1.54, 1.807) is 22.0 Å². The zero-order valence-corrected chi connectivity index (χ0v) is 17.7. The van der Waals surface area contributed by atoms with E-state index in [9.17, 15) is 9.59 Å². The highest BCUT2D eigenvalue weighted by Gasteiger charge is 2.52. The van der Waals surface area contributed by atoms with Crippen LogP contribution in [0.5, 0.6) is 0 Å². The summed E-state index contributed by atoms with van der Waals surface area (Å²) >= 11 is 13.9. The summed E-state index contributed by atoms with van der Waals surface area (Å²) in [5.74, 6) is 0.136. The van der Waals surface area contributed by atoms with Gasteiger partial charge in [-0.3, -0.25) is 9.59 Å². The summed E-state index contributed by atoms with van der Waals surface area (Å²) in [7, 11) is 1.87. The molecule has 2 heterocycles. The number of hydrogen-bond donors (Lipinski definition) is 0. The Morgan fingerprint density at radius 2 is 1.79 bits per heavy atom. The molecule has 0 radical (unpaired) electrons. The normalized spacial score (nSPS) is 25.8. The van der Waals surface area contributed by atoms with Crippen molar-refractivity contribution in [3.8, 4) is 0 Å². The van der Waals surface area contributed by atoms with Crippen LogP contribution in [0.25, 0.3) is 0 Å². The first-order chi connectivity index (χ1) is 13.4. The Labute approximate surface area is 178 Å². The van der Waals surface area contributed by atoms with Crippen molar-refractivity contribution in [3.63, 3.8) is 0 Å². The number of hydrazine groups is 1. The van der Waals surface area contributed by atoms with Gasteiger partial charge in [-0.1, -0.05) is 47.5 Å². The van der Waals surface area contributed by atoms with Crippen molar-refractivity contribution in [1.82, 2.24) is 9.91 Å². The fraction of sp³-hybridized carbons (Fsp3) is 0.300. The van der Waals surface area contributed by atoms with Gasteiger partial charge in [0.25, 0.3) is 5.91 Å². The molecule has 0 aliphatic carbocycles. The van der Waals surface area contributed by atoms with Crippen molar-refractivity contribution < 1.29 is 9.59 Å². The highest BCUT2D eigenvalue weighted by molar-refractivity contribution is 8.00. The van der Waals surface area contributed by atoms with E-state index in [0.29, 0.717) is 15.8 Å². The second-order valence-corrected chi connectivity index (χ2v) is 8.79. The van der Waals surface area contributed by atoms with Crippen LogP contribution < -0.4 is 5.01 Å². The Kier molecular flexibility index (Phi) is 5.31. The topological polar surface area (TPSA) is 43.9 Å². The molecule has 0 N–H and O–H groups in total. The summed E-state index contributed by atoms with van der Waals surface area (Å²) in [6.07, 6.45) is 0. The number of carbonyl (C=O) groups is 2. The van der Waals surface area contributed by atoms with E-state index in [0.717, 1.165) is 11.3 Å². The van der Waals surface area contributed by atoms with Crippen LogP contribution in [0, 0.1) is 0 Å². The van der Waals surface area contributed by atoms with Crippen molar-refractivity contribution in [1.29, 1.82) is 0 Å². The quantitative estimate of drug-likeness (QED) is 0.723. The third kappa shape index (κ3) is 3.18. The summed E-state index contributed by atoms with van der Waals surface area (Å²) < 4.78 is 0. The van der Waals surface area contributed by atoms with Crippen LogP contribution >= 0.6 is 35.0 Å². The van der Waals surface area contributed by atoms with Crippen molar-refractivity contribution in [2.75, 3.05) is 17.8 Å². The van der Waals surface area contributed by atoms with Crippen molar-refractivity contribution in [3.05, 3.63) is 64.1 Å². The van der Waals surface area contributed by atoms with E-state index in [4.69, 9.17) is 23.2 Å². The van der Waals surface area contributed by atoms with Gasteiger partial charge < -0.3 is 4.90 Å². The molecule has 5 nitrogen and oxygen atoms in total. The monoisotopic (exact) mass is 435 g/mol. The number of benzene rings is 2. The molecule has 2 fully saturated rings. The smallest absolute Gasteiger partial charge is 0.266 e. The average Bonchev–Trinajstić information content (AvgIpc) is 3.13. The summed E-state index contributed by atoms with van der Waals surface area (Å²) in [4.78, 5) is 27.9. The van der Waals surface area contributed by atoms with Gasteiger partial charge in [0.05, 0.1) is 17.5 Å². The summed E-state index contributed by atoms with van der Waals surface area (Å²) in [6.45, 7) is 1.96. The SMILES string of the molecule is CC1C(N2C(=O)CSC2c2ccc(Cl)cc2Cl)C(=O)N(c2ccccc2)N1C. The molecule has 0 spiro atoms. The van der Waals surface area contributed by atoms with Crippen LogP contribution in [-0.2, 0) is 9.59 Å². The number of carbonyl (C=O) groups excluding carboxylic acids is 2. The number of anilines is 1. The van der Waals surface area contributed by atoms with Crippen molar-refractivity contribution in [2.45, 2.75) is 24.4 Å². The molecule has 2 aromatic rings. The average molecular weight is 436 g/mol. The van der Waals surface area contributed by atoms with Crippen molar-refractivity contribution >= 4 is 52.5 Å². The van der Waals surface area contributed by atoms with Crippen LogP contribution in [0.2, 0.25) is 10.0 Å². The second kappa shape index (κ2) is 7.59. The molecule has 2 aromatic carbocycles. The number of amides is 2. The summed E-state index contributed by atoms with van der Waals surface area (Å²) in [6, 6.07) is 13.9. The number of nitrogens with zero attached hydrogens (tertiary/aromatic N) is 3. The highest BCUT2D eigenvalue weighted by atomic mass is 35.5. The Hall–Kier alpha value is -1.73. The zero-order chi connectivity index (χ0) is 20.0. The number of para-hydroxylation sites is 1. The van der Waals surface area contributed by atoms with E-state index >= 15 is 0 Å². The fourth-order valence-electron chi connectivity index (χ4n) is 3.78. The zero-order valence-electron chi connectivity index (χ0n) is 15.4. The number of halogens is 2. The molecular formula is C20H19Cl2N3O2S. The molecule has 2 saturated heterocycles. The lowest BCUT2D eigenvalue weighted by atomic mass is 10.1. The molecule has 8 heteroatoms. The van der Waals surface area contributed by atoms with E-state index < -0.39 is 6.04 Å². The molecular weight excluding hydrogens is 417 g/mol. The minimum absolute atomic E-state index is 0.0606. The van der Waals surface area contributed by atoms with Gasteiger partial charge in [-0.15, -0.1) is 11.8 Å². The summed E-state index contributed by atoms with van der Waals surface area (Å²) in [5, 5.41) is 4.24. The van der Waals surface area contributed by atoms with Gasteiger partial charge in [-0.25, -0.2) is 10.0 Å². The molecule has 3 unspecified atom stereocenters. The fourth-order valence-corrected chi connectivity index (χ4v) is 5.60. The maximum Gasteiger partial charge on any atom is 0.266 e. The van der Waals surface area contributed by atoms with Gasteiger partial charge >= 0.3 is 0 Å². The van der Waals surface area contributed by atoms with Crippen molar-refractivity contribution in [2.24, 2.45) is 0 Å². The van der Waals surface area contributed by atoms with Crippen LogP contribution in [0.15, 0.2) is 48.5 Å². The maximum absolute atomic E-state index is 13.4. The number of likely N-dealkylation sites (N-methyl/N-ethyl adjacent to an activating group) is 1. The lowest BCUT2D eigenvalue weighted by Crippen LogP contribution is -2.47. The van der Waals surface area contributed by atoms with Gasteiger partial charge in [0, 0.05) is 22.7 Å². The van der Waals surface area contributed by atoms with Crippen LogP contribution in [-0.4, -0.2) is 46.6 Å². The minimum atomic E-state index is -0.593. The van der Waals surface area contributed by atoms with Crippen LogP contribution in [0.1, 0.15) is 17.9 Å². The number of hydrogen-bond acceptors (Lipinski definition) is 4. The van der Waals surface area contributed by atoms with Gasteiger partial charge in [0.2, 0.25) is 5.91 Å². The second-order valence-electron chi connectivity index (χ2n) is 6.87. The standard InChI is InChI=1S/C20H19Cl2N3O2S/c1-12-18(19(27)25(23(12)2)14-6-4-3-5-7-14)24-17(26)11-28-20(24)15-9-8-13(21)10-16(15)22/h3-10,12,18,20H,11H2,1-2H3. The first-order valence-electron chi connectivity index (χ1n) is 8.89. The van der Waals surface area contributed by atoms with E-state index in [1.807, 2.05) is 55.4 Å². The molecule has 28 heavy (non-hydrogen) atoms. The third-order valence-corrected chi connectivity index (χ3v) is 7.03. The minimum Gasteiger partial charge on any atom is -0.312 e. The van der Waals surface area contributed by atoms with E-state index in [-0.39, 0.29) is 23.2 Å². The Bertz CT molecular complexity index is 927. The molecule has 2 amide bonds. The Balaban J connectivity index is 1.71. The lowest BCUT2D eigenvalue weighted by Gasteiger charge is -2.31. The molecule has 0 bridgehead atoms. The van der Waals surface area contributed by atoms with Crippen LogP contribution in [0.4, 0.5) is 5.69 Å². The van der Waals surface area contributed by atoms with Gasteiger partial charge in [-0.2, -0.15) is 0 Å². The highest BCUT2D eigenvalue weighted by Crippen LogP contribution is 2.45. The van der Waals surface area contributed by atoms with Gasteiger partial charge in [0.1, 0.15) is 11.4 Å². The molecule has 0 saturated carbocycles. The molecule has 4 rings (SSSR count). The predicted molar refractivity (Wildman–Crippen MR) is 113 cm³/mol. The molecule has 2 aliphatic rings. The largest absolute Gasteiger partial charge is 0.312 e. The molecule has 0 aromatic heterocycles. The first kappa shape index (κ1) is 19.6. The maximum atomic E-state index is 13.4.